The normalized spacial score (nSPS) is 11.0. The van der Waals surface area contributed by atoms with E-state index in [1.54, 1.807) is 12.1 Å². The van der Waals surface area contributed by atoms with Gasteiger partial charge >= 0.3 is 5.97 Å². The van der Waals surface area contributed by atoms with Crippen molar-refractivity contribution in [1.29, 1.82) is 0 Å². The molecule has 74 valence electrons. The van der Waals surface area contributed by atoms with Crippen molar-refractivity contribution in [2.24, 2.45) is 0 Å². The zero-order valence-electron chi connectivity index (χ0n) is 8.45. The Balaban J connectivity index is 3.05. The predicted octanol–water partition coefficient (Wildman–Crippen LogP) is 2.03. The van der Waals surface area contributed by atoms with Gasteiger partial charge in [-0.15, -0.1) is 6.58 Å². The third kappa shape index (κ3) is 2.11. The number of carboxylic acids is 1. The van der Waals surface area contributed by atoms with Gasteiger partial charge in [0.2, 0.25) is 0 Å². The Morgan fingerprint density at radius 2 is 1.86 bits per heavy atom. The molecule has 0 heterocycles. The molecule has 3 heteroatoms. The second-order valence-electron chi connectivity index (χ2n) is 3.81. The van der Waals surface area contributed by atoms with Crippen LogP contribution in [0.2, 0.25) is 13.1 Å². The molecule has 0 radical (unpaired) electrons. The Hall–Kier alpha value is -1.35. The molecule has 0 unspecified atom stereocenters. The summed E-state index contributed by atoms with van der Waals surface area (Å²) < 4.78 is 0. The molecule has 0 fully saturated rings. The second-order valence-corrected chi connectivity index (χ2v) is 8.24. The molecule has 0 saturated heterocycles. The fourth-order valence-electron chi connectivity index (χ4n) is 1.16. The Labute approximate surface area is 84.9 Å². The Bertz CT molecular complexity index is 352. The van der Waals surface area contributed by atoms with Crippen molar-refractivity contribution in [3.63, 3.8) is 0 Å². The summed E-state index contributed by atoms with van der Waals surface area (Å²) in [5.74, 6) is -0.880. The summed E-state index contributed by atoms with van der Waals surface area (Å²) in [6.45, 7) is 8.16. The van der Waals surface area contributed by atoms with Gasteiger partial charge in [-0.25, -0.2) is 4.79 Å². The summed E-state index contributed by atoms with van der Waals surface area (Å²) >= 11 is 0. The second kappa shape index (κ2) is 3.80. The molecule has 0 aliphatic carbocycles. The molecule has 0 aromatic heterocycles. The van der Waals surface area contributed by atoms with Crippen LogP contribution in [0.1, 0.15) is 10.4 Å². The fourth-order valence-corrected chi connectivity index (χ4v) is 2.42. The molecule has 0 amide bonds. The lowest BCUT2D eigenvalue weighted by atomic mass is 10.2. The topological polar surface area (TPSA) is 37.3 Å². The van der Waals surface area contributed by atoms with Crippen LogP contribution in [0.4, 0.5) is 0 Å². The molecule has 2 nitrogen and oxygen atoms in total. The molecule has 0 spiro atoms. The Kier molecular flexibility index (Phi) is 2.91. The average molecular weight is 206 g/mol. The van der Waals surface area contributed by atoms with Gasteiger partial charge in [-0.05, 0) is 12.1 Å². The number of rotatable bonds is 3. The zero-order chi connectivity index (χ0) is 10.8. The Morgan fingerprint density at radius 1 is 1.36 bits per heavy atom. The van der Waals surface area contributed by atoms with E-state index in [9.17, 15) is 4.79 Å². The van der Waals surface area contributed by atoms with Gasteiger partial charge in [0.05, 0.1) is 5.56 Å². The molecule has 0 saturated carbocycles. The lowest BCUT2D eigenvalue weighted by Crippen LogP contribution is -2.39. The minimum absolute atomic E-state index is 0.336. The number of hydrogen-bond acceptors (Lipinski definition) is 1. The lowest BCUT2D eigenvalue weighted by Gasteiger charge is -2.17. The molecule has 1 aromatic rings. The van der Waals surface area contributed by atoms with Gasteiger partial charge in [0.25, 0.3) is 0 Å². The fraction of sp³-hybridized carbons (Fsp3) is 0.182. The number of carboxylic acid groups (broad SMARTS) is 1. The van der Waals surface area contributed by atoms with Crippen LogP contribution in [0.15, 0.2) is 36.5 Å². The van der Waals surface area contributed by atoms with Crippen LogP contribution < -0.4 is 5.19 Å². The number of carbonyl (C=O) groups is 1. The molecule has 0 atom stereocenters. The van der Waals surface area contributed by atoms with E-state index in [4.69, 9.17) is 5.11 Å². The molecule has 14 heavy (non-hydrogen) atoms. The largest absolute Gasteiger partial charge is 0.478 e. The van der Waals surface area contributed by atoms with E-state index in [-0.39, 0.29) is 0 Å². The molecule has 1 rings (SSSR count). The maximum absolute atomic E-state index is 10.6. The van der Waals surface area contributed by atoms with Gasteiger partial charge < -0.3 is 5.11 Å². The predicted molar refractivity (Wildman–Crippen MR) is 60.7 cm³/mol. The van der Waals surface area contributed by atoms with Crippen molar-refractivity contribution in [3.05, 3.63) is 42.1 Å². The SMILES string of the molecule is C=C[Si](C)(C)c1ccc(C(=O)O)cc1. The van der Waals surface area contributed by atoms with Crippen LogP contribution in [-0.4, -0.2) is 19.1 Å². The van der Waals surface area contributed by atoms with Gasteiger partial charge in [0.1, 0.15) is 8.07 Å². The van der Waals surface area contributed by atoms with Crippen LogP contribution in [0.3, 0.4) is 0 Å². The van der Waals surface area contributed by atoms with E-state index < -0.39 is 14.0 Å². The zero-order valence-corrected chi connectivity index (χ0v) is 9.45. The first-order chi connectivity index (χ1) is 6.47. The summed E-state index contributed by atoms with van der Waals surface area (Å²) in [7, 11) is -1.54. The van der Waals surface area contributed by atoms with Crippen molar-refractivity contribution in [1.82, 2.24) is 0 Å². The minimum Gasteiger partial charge on any atom is -0.478 e. The van der Waals surface area contributed by atoms with Gasteiger partial charge in [0.15, 0.2) is 0 Å². The Morgan fingerprint density at radius 3 is 2.21 bits per heavy atom. The molecular weight excluding hydrogens is 192 g/mol. The van der Waals surface area contributed by atoms with E-state index >= 15 is 0 Å². The summed E-state index contributed by atoms with van der Waals surface area (Å²) in [6, 6.07) is 7.07. The average Bonchev–Trinajstić information content (AvgIpc) is 2.18. The number of hydrogen-bond donors (Lipinski definition) is 1. The molecule has 1 aromatic carbocycles. The standard InChI is InChI=1S/C11H14O2Si/c1-4-14(2,3)10-7-5-9(6-8-10)11(12)13/h4-8H,1H2,2-3H3,(H,12,13). The molecular formula is C11H14O2Si. The summed E-state index contributed by atoms with van der Waals surface area (Å²) in [4.78, 5) is 10.6. The highest BCUT2D eigenvalue weighted by Gasteiger charge is 2.18. The van der Waals surface area contributed by atoms with Crippen molar-refractivity contribution in [2.45, 2.75) is 13.1 Å². The first-order valence-corrected chi connectivity index (χ1v) is 7.52. The molecule has 0 aliphatic rings. The minimum atomic E-state index is -1.54. The van der Waals surface area contributed by atoms with E-state index in [0.29, 0.717) is 5.56 Å². The molecule has 1 N–H and O–H groups in total. The lowest BCUT2D eigenvalue weighted by molar-refractivity contribution is 0.0697. The number of benzene rings is 1. The quantitative estimate of drug-likeness (QED) is 0.768. The maximum atomic E-state index is 10.6. The van der Waals surface area contributed by atoms with Crippen LogP contribution in [0.25, 0.3) is 0 Å². The van der Waals surface area contributed by atoms with Gasteiger partial charge in [-0.2, -0.15) is 0 Å². The van der Waals surface area contributed by atoms with E-state index in [1.807, 2.05) is 17.8 Å². The van der Waals surface area contributed by atoms with Gasteiger partial charge in [0, 0.05) is 0 Å². The summed E-state index contributed by atoms with van der Waals surface area (Å²) in [6.07, 6.45) is 0. The van der Waals surface area contributed by atoms with Crippen LogP contribution in [0, 0.1) is 0 Å². The van der Waals surface area contributed by atoms with Crippen molar-refractivity contribution < 1.29 is 9.90 Å². The first kappa shape index (κ1) is 10.7. The van der Waals surface area contributed by atoms with Crippen molar-refractivity contribution in [3.8, 4) is 0 Å². The van der Waals surface area contributed by atoms with Crippen LogP contribution >= 0.6 is 0 Å². The van der Waals surface area contributed by atoms with Crippen LogP contribution in [0.5, 0.6) is 0 Å². The molecule has 0 bridgehead atoms. The summed E-state index contributed by atoms with van der Waals surface area (Å²) in [5.41, 5.74) is 2.32. The van der Waals surface area contributed by atoms with Crippen molar-refractivity contribution >= 4 is 19.2 Å². The highest BCUT2D eigenvalue weighted by atomic mass is 28.3. The van der Waals surface area contributed by atoms with Gasteiger partial charge in [-0.1, -0.05) is 36.1 Å². The van der Waals surface area contributed by atoms with E-state index in [1.165, 1.54) is 5.19 Å². The smallest absolute Gasteiger partial charge is 0.335 e. The van der Waals surface area contributed by atoms with E-state index in [2.05, 4.69) is 19.7 Å². The number of aromatic carboxylic acids is 1. The van der Waals surface area contributed by atoms with Crippen LogP contribution in [-0.2, 0) is 0 Å². The monoisotopic (exact) mass is 206 g/mol. The molecule has 0 aliphatic heterocycles. The first-order valence-electron chi connectivity index (χ1n) is 4.45. The van der Waals surface area contributed by atoms with Gasteiger partial charge in [-0.3, -0.25) is 0 Å². The third-order valence-electron chi connectivity index (χ3n) is 2.39. The third-order valence-corrected chi connectivity index (χ3v) is 5.23. The van der Waals surface area contributed by atoms with E-state index in [0.717, 1.165) is 0 Å². The van der Waals surface area contributed by atoms with Crippen molar-refractivity contribution in [2.75, 3.05) is 0 Å². The maximum Gasteiger partial charge on any atom is 0.335 e. The summed E-state index contributed by atoms with van der Waals surface area (Å²) in [5, 5.41) is 9.93. The highest BCUT2D eigenvalue weighted by molar-refractivity contribution is 6.93. The highest BCUT2D eigenvalue weighted by Crippen LogP contribution is 2.05.